The van der Waals surface area contributed by atoms with Crippen molar-refractivity contribution >= 4 is 21.8 Å². The summed E-state index contributed by atoms with van der Waals surface area (Å²) >= 11 is 3.12. The van der Waals surface area contributed by atoms with Crippen LogP contribution < -0.4 is 5.32 Å². The van der Waals surface area contributed by atoms with Crippen molar-refractivity contribution in [1.29, 1.82) is 5.26 Å². The van der Waals surface area contributed by atoms with Crippen molar-refractivity contribution in [2.75, 3.05) is 0 Å². The number of hydrogen-bond donors (Lipinski definition) is 1. The normalized spacial score (nSPS) is 17.6. The van der Waals surface area contributed by atoms with Crippen LogP contribution in [0, 0.1) is 11.3 Å². The van der Waals surface area contributed by atoms with Gasteiger partial charge in [-0.15, -0.1) is 0 Å². The fourth-order valence-corrected chi connectivity index (χ4v) is 1.82. The fraction of sp³-hybridized carbons (Fsp3) is 0.400. The van der Waals surface area contributed by atoms with Crippen molar-refractivity contribution in [3.63, 3.8) is 0 Å². The Morgan fingerprint density at radius 1 is 1.60 bits per heavy atom. The summed E-state index contributed by atoms with van der Waals surface area (Å²) in [5.41, 5.74) is -0.670. The number of nitriles is 1. The largest absolute Gasteiger partial charge is 0.444 e. The third kappa shape index (κ3) is 1.90. The molecule has 1 saturated carbocycles. The lowest BCUT2D eigenvalue weighted by molar-refractivity contribution is 0.0851. The number of nitrogens with zero attached hydrogens (tertiary/aromatic N) is 1. The van der Waals surface area contributed by atoms with Gasteiger partial charge in [0.05, 0.1) is 6.07 Å². The molecule has 1 N–H and O–H groups in total. The monoisotopic (exact) mass is 268 g/mol. The van der Waals surface area contributed by atoms with E-state index < -0.39 is 5.54 Å². The molecular weight excluding hydrogens is 260 g/mol. The lowest BCUT2D eigenvalue weighted by atomic mass is 9.78. The molecule has 1 fully saturated rings. The SMILES string of the molecule is N#CC1(NC(=O)c2ccc(Br)o2)CCC1. The van der Waals surface area contributed by atoms with E-state index in [2.05, 4.69) is 27.3 Å². The maximum Gasteiger partial charge on any atom is 0.288 e. The number of rotatable bonds is 2. The molecule has 1 aliphatic rings. The molecule has 0 spiro atoms. The standard InChI is InChI=1S/C10H9BrN2O2/c11-8-3-2-7(15-8)9(14)13-10(6-12)4-1-5-10/h2-3H,1,4-5H2,(H,13,14). The second-order valence-corrected chi connectivity index (χ2v) is 4.39. The first kappa shape index (κ1) is 10.2. The van der Waals surface area contributed by atoms with Gasteiger partial charge in [-0.25, -0.2) is 0 Å². The van der Waals surface area contributed by atoms with Crippen LogP contribution in [0.25, 0.3) is 0 Å². The fourth-order valence-electron chi connectivity index (χ4n) is 1.51. The molecule has 0 bridgehead atoms. The van der Waals surface area contributed by atoms with Crippen LogP contribution in [0.2, 0.25) is 0 Å². The van der Waals surface area contributed by atoms with Gasteiger partial charge < -0.3 is 9.73 Å². The van der Waals surface area contributed by atoms with Crippen LogP contribution in [0.15, 0.2) is 21.2 Å². The Labute approximate surface area is 95.4 Å². The summed E-state index contributed by atoms with van der Waals surface area (Å²) in [7, 11) is 0. The molecule has 0 aliphatic heterocycles. The second-order valence-electron chi connectivity index (χ2n) is 3.61. The first-order chi connectivity index (χ1) is 7.15. The number of carbonyl (C=O) groups excluding carboxylic acids is 1. The molecule has 0 atom stereocenters. The van der Waals surface area contributed by atoms with E-state index in [1.165, 1.54) is 0 Å². The first-order valence-electron chi connectivity index (χ1n) is 4.64. The molecular formula is C10H9BrN2O2. The van der Waals surface area contributed by atoms with Crippen molar-refractivity contribution in [2.24, 2.45) is 0 Å². The number of hydrogen-bond acceptors (Lipinski definition) is 3. The highest BCUT2D eigenvalue weighted by Gasteiger charge is 2.39. The van der Waals surface area contributed by atoms with Gasteiger partial charge >= 0.3 is 0 Å². The van der Waals surface area contributed by atoms with Crippen molar-refractivity contribution in [3.8, 4) is 6.07 Å². The average molecular weight is 269 g/mol. The lowest BCUT2D eigenvalue weighted by Crippen LogP contribution is -2.52. The molecule has 1 aliphatic carbocycles. The van der Waals surface area contributed by atoms with E-state index >= 15 is 0 Å². The highest BCUT2D eigenvalue weighted by atomic mass is 79.9. The molecule has 15 heavy (non-hydrogen) atoms. The van der Waals surface area contributed by atoms with Gasteiger partial charge in [-0.05, 0) is 47.3 Å². The van der Waals surface area contributed by atoms with Gasteiger partial charge in [0.2, 0.25) is 0 Å². The predicted octanol–water partition coefficient (Wildman–Crippen LogP) is 2.22. The second kappa shape index (κ2) is 3.70. The lowest BCUT2D eigenvalue weighted by Gasteiger charge is -2.35. The molecule has 0 unspecified atom stereocenters. The first-order valence-corrected chi connectivity index (χ1v) is 5.44. The smallest absolute Gasteiger partial charge is 0.288 e. The van der Waals surface area contributed by atoms with Gasteiger partial charge in [0, 0.05) is 0 Å². The van der Waals surface area contributed by atoms with E-state index in [9.17, 15) is 4.79 Å². The van der Waals surface area contributed by atoms with Crippen molar-refractivity contribution in [1.82, 2.24) is 5.32 Å². The molecule has 2 rings (SSSR count). The van der Waals surface area contributed by atoms with Gasteiger partial charge in [-0.3, -0.25) is 4.79 Å². The Hall–Kier alpha value is -1.28. The molecule has 1 amide bonds. The Bertz CT molecular complexity index is 429. The Morgan fingerprint density at radius 2 is 2.33 bits per heavy atom. The maximum atomic E-state index is 11.6. The molecule has 4 nitrogen and oxygen atoms in total. The zero-order valence-electron chi connectivity index (χ0n) is 7.92. The van der Waals surface area contributed by atoms with Crippen molar-refractivity contribution in [2.45, 2.75) is 24.8 Å². The summed E-state index contributed by atoms with van der Waals surface area (Å²) in [4.78, 5) is 11.6. The summed E-state index contributed by atoms with van der Waals surface area (Å²) in [5, 5.41) is 11.6. The Morgan fingerprint density at radius 3 is 2.73 bits per heavy atom. The third-order valence-electron chi connectivity index (χ3n) is 2.57. The van der Waals surface area contributed by atoms with E-state index in [-0.39, 0.29) is 11.7 Å². The van der Waals surface area contributed by atoms with Crippen LogP contribution in [0.1, 0.15) is 29.8 Å². The third-order valence-corrected chi connectivity index (χ3v) is 3.00. The molecule has 1 aromatic rings. The van der Waals surface area contributed by atoms with Crippen LogP contribution in [-0.2, 0) is 0 Å². The van der Waals surface area contributed by atoms with Crippen LogP contribution in [-0.4, -0.2) is 11.4 Å². The van der Waals surface area contributed by atoms with Crippen LogP contribution in [0.4, 0.5) is 0 Å². The summed E-state index contributed by atoms with van der Waals surface area (Å²) < 4.78 is 5.61. The minimum absolute atomic E-state index is 0.225. The number of carbonyl (C=O) groups is 1. The summed E-state index contributed by atoms with van der Waals surface area (Å²) in [6.07, 6.45) is 2.42. The molecule has 78 valence electrons. The van der Waals surface area contributed by atoms with Gasteiger partial charge in [0.25, 0.3) is 5.91 Å². The number of nitrogens with one attached hydrogen (secondary N) is 1. The van der Waals surface area contributed by atoms with E-state index in [1.807, 2.05) is 0 Å². The summed E-state index contributed by atoms with van der Waals surface area (Å²) in [6.45, 7) is 0. The molecule has 0 saturated heterocycles. The summed E-state index contributed by atoms with van der Waals surface area (Å²) in [6, 6.07) is 5.36. The van der Waals surface area contributed by atoms with E-state index in [4.69, 9.17) is 9.68 Å². The number of halogens is 1. The van der Waals surface area contributed by atoms with Gasteiger partial charge in [-0.2, -0.15) is 5.26 Å². The number of furan rings is 1. The highest BCUT2D eigenvalue weighted by molar-refractivity contribution is 9.10. The summed E-state index contributed by atoms with van der Waals surface area (Å²) in [5.74, 6) is -0.106. The van der Waals surface area contributed by atoms with Crippen LogP contribution in [0.5, 0.6) is 0 Å². The zero-order chi connectivity index (χ0) is 10.9. The molecule has 0 aromatic carbocycles. The zero-order valence-corrected chi connectivity index (χ0v) is 9.50. The molecule has 1 aromatic heterocycles. The maximum absolute atomic E-state index is 11.6. The average Bonchev–Trinajstić information content (AvgIpc) is 2.58. The van der Waals surface area contributed by atoms with E-state index in [0.717, 1.165) is 19.3 Å². The van der Waals surface area contributed by atoms with Crippen LogP contribution in [0.3, 0.4) is 0 Å². The van der Waals surface area contributed by atoms with Crippen LogP contribution >= 0.6 is 15.9 Å². The van der Waals surface area contributed by atoms with E-state index in [1.54, 1.807) is 12.1 Å². The minimum Gasteiger partial charge on any atom is -0.444 e. The van der Waals surface area contributed by atoms with Gasteiger partial charge in [0.1, 0.15) is 5.54 Å². The highest BCUT2D eigenvalue weighted by Crippen LogP contribution is 2.31. The van der Waals surface area contributed by atoms with E-state index in [0.29, 0.717) is 4.67 Å². The predicted molar refractivity (Wildman–Crippen MR) is 56.1 cm³/mol. The van der Waals surface area contributed by atoms with Gasteiger partial charge in [-0.1, -0.05) is 0 Å². The Kier molecular flexibility index (Phi) is 2.53. The Balaban J connectivity index is 2.07. The number of amides is 1. The van der Waals surface area contributed by atoms with Crippen molar-refractivity contribution in [3.05, 3.63) is 22.6 Å². The molecule has 0 radical (unpaired) electrons. The molecule has 1 heterocycles. The van der Waals surface area contributed by atoms with Gasteiger partial charge in [0.15, 0.2) is 10.4 Å². The quantitative estimate of drug-likeness (QED) is 0.895. The topological polar surface area (TPSA) is 66.0 Å². The van der Waals surface area contributed by atoms with Crippen molar-refractivity contribution < 1.29 is 9.21 Å². The minimum atomic E-state index is -0.670. The molecule has 5 heteroatoms.